The van der Waals surface area contributed by atoms with Crippen molar-refractivity contribution in [3.63, 3.8) is 0 Å². The van der Waals surface area contributed by atoms with Gasteiger partial charge in [0.05, 0.1) is 7.11 Å². The Morgan fingerprint density at radius 3 is 1.74 bits per heavy atom. The smallest absolute Gasteiger partial charge is 0.215 e. The van der Waals surface area contributed by atoms with Crippen LogP contribution in [0.3, 0.4) is 0 Å². The van der Waals surface area contributed by atoms with Gasteiger partial charge in [-0.25, -0.2) is 17.6 Å². The molecule has 6 nitrogen and oxygen atoms in total. The van der Waals surface area contributed by atoms with Gasteiger partial charge in [0, 0.05) is 25.2 Å². The second kappa shape index (κ2) is 12.2. The highest BCUT2D eigenvalue weighted by Crippen LogP contribution is 2.17. The minimum atomic E-state index is -0.570. The van der Waals surface area contributed by atoms with Gasteiger partial charge in [-0.1, -0.05) is 24.3 Å². The summed E-state index contributed by atoms with van der Waals surface area (Å²) in [6.45, 7) is 0.514. The third kappa shape index (κ3) is 7.88. The van der Waals surface area contributed by atoms with E-state index in [9.17, 15) is 17.6 Å². The summed E-state index contributed by atoms with van der Waals surface area (Å²) >= 11 is 0. The lowest BCUT2D eigenvalue weighted by atomic mass is 10.2. The van der Waals surface area contributed by atoms with Gasteiger partial charge < -0.3 is 20.5 Å². The molecule has 4 aromatic rings. The maximum atomic E-state index is 13.4. The van der Waals surface area contributed by atoms with Crippen molar-refractivity contribution in [2.45, 2.75) is 13.1 Å². The van der Waals surface area contributed by atoms with E-state index in [2.05, 4.69) is 20.6 Å². The largest absolute Gasteiger partial charge is 0.493 e. The lowest BCUT2D eigenvalue weighted by Gasteiger charge is -2.08. The number of nitrogens with one attached hydrogen (secondary N) is 2. The lowest BCUT2D eigenvalue weighted by Crippen LogP contribution is -2.04. The van der Waals surface area contributed by atoms with Gasteiger partial charge in [0.1, 0.15) is 11.6 Å². The Morgan fingerprint density at radius 2 is 1.23 bits per heavy atom. The third-order valence-electron chi connectivity index (χ3n) is 4.56. The predicted octanol–water partition coefficient (Wildman–Crippen LogP) is 5.66. The first kappa shape index (κ1) is 25.3. The molecule has 35 heavy (non-hydrogen) atoms. The first-order chi connectivity index (χ1) is 16.8. The Morgan fingerprint density at radius 1 is 0.714 bits per heavy atom. The average molecular weight is 486 g/mol. The van der Waals surface area contributed by atoms with E-state index in [1.54, 1.807) is 24.3 Å². The van der Waals surface area contributed by atoms with Gasteiger partial charge in [0.15, 0.2) is 23.3 Å². The zero-order valence-electron chi connectivity index (χ0n) is 18.6. The molecule has 0 radical (unpaired) electrons. The van der Waals surface area contributed by atoms with E-state index in [0.717, 1.165) is 12.1 Å². The third-order valence-corrected chi connectivity index (χ3v) is 4.56. The molecular formula is C25H22F4N4O2. The number of rotatable bonds is 7. The van der Waals surface area contributed by atoms with Crippen molar-refractivity contribution in [3.05, 3.63) is 107 Å². The highest BCUT2D eigenvalue weighted by Gasteiger charge is 2.06. The Kier molecular flexibility index (Phi) is 8.82. The predicted molar refractivity (Wildman–Crippen MR) is 124 cm³/mol. The number of anilines is 2. The van der Waals surface area contributed by atoms with Crippen molar-refractivity contribution in [2.24, 2.45) is 0 Å². The summed E-state index contributed by atoms with van der Waals surface area (Å²) in [5.74, 6) is -1.66. The van der Waals surface area contributed by atoms with Gasteiger partial charge in [-0.3, -0.25) is 0 Å². The Labute approximate surface area is 199 Å². The molecule has 0 bridgehead atoms. The van der Waals surface area contributed by atoms with Crippen LogP contribution in [0, 0.1) is 23.3 Å². The van der Waals surface area contributed by atoms with Crippen molar-refractivity contribution in [1.29, 1.82) is 0 Å². The fourth-order valence-corrected chi connectivity index (χ4v) is 2.88. The standard InChI is InChI=1S/C13H12F2N2O.C12H10F2N2O/c1-18-12-6-5-11(15)13(17-12)16-8-9-3-2-4-10(14)7-9;13-9-3-1-2-8(6-9)7-15-12-10(14)4-5-11(17)16-12/h2-7H,8H2,1H3,(H,16,17);1-6H,7H2,(H2,15,16,17). The molecule has 0 unspecified atom stereocenters. The Balaban J connectivity index is 0.000000196. The number of halogens is 4. The molecule has 3 N–H and O–H groups in total. The maximum Gasteiger partial charge on any atom is 0.215 e. The molecule has 10 heteroatoms. The molecule has 182 valence electrons. The molecule has 2 aromatic heterocycles. The van der Waals surface area contributed by atoms with Crippen LogP contribution >= 0.6 is 0 Å². The minimum Gasteiger partial charge on any atom is -0.493 e. The zero-order valence-corrected chi connectivity index (χ0v) is 18.6. The van der Waals surface area contributed by atoms with Crippen molar-refractivity contribution in [2.75, 3.05) is 17.7 Å². The van der Waals surface area contributed by atoms with Crippen LogP contribution in [0.25, 0.3) is 0 Å². The monoisotopic (exact) mass is 486 g/mol. The van der Waals surface area contributed by atoms with Gasteiger partial charge in [-0.05, 0) is 47.5 Å². The van der Waals surface area contributed by atoms with Crippen molar-refractivity contribution >= 4 is 11.6 Å². The molecule has 0 aliphatic rings. The summed E-state index contributed by atoms with van der Waals surface area (Å²) < 4.78 is 57.4. The number of aromatic nitrogens is 2. The first-order valence-corrected chi connectivity index (χ1v) is 10.4. The number of hydrogen-bond donors (Lipinski definition) is 3. The number of benzene rings is 2. The maximum absolute atomic E-state index is 13.4. The normalized spacial score (nSPS) is 10.2. The number of pyridine rings is 2. The van der Waals surface area contributed by atoms with Crippen molar-refractivity contribution in [3.8, 4) is 11.8 Å². The summed E-state index contributed by atoms with van der Waals surface area (Å²) in [4.78, 5) is 7.51. The van der Waals surface area contributed by atoms with Crippen LogP contribution < -0.4 is 15.4 Å². The van der Waals surface area contributed by atoms with E-state index in [1.165, 1.54) is 43.5 Å². The van der Waals surface area contributed by atoms with E-state index in [0.29, 0.717) is 17.0 Å². The van der Waals surface area contributed by atoms with Crippen molar-refractivity contribution < 1.29 is 27.4 Å². The molecule has 0 saturated carbocycles. The van der Waals surface area contributed by atoms with E-state index in [-0.39, 0.29) is 42.2 Å². The Bertz CT molecular complexity index is 1270. The van der Waals surface area contributed by atoms with Gasteiger partial charge in [-0.15, -0.1) is 0 Å². The van der Waals surface area contributed by atoms with Crippen LogP contribution in [0.4, 0.5) is 29.2 Å². The summed E-state index contributed by atoms with van der Waals surface area (Å²) in [5.41, 5.74) is 1.37. The highest BCUT2D eigenvalue weighted by molar-refractivity contribution is 5.40. The van der Waals surface area contributed by atoms with Gasteiger partial charge in [0.25, 0.3) is 0 Å². The van der Waals surface area contributed by atoms with Crippen LogP contribution in [-0.2, 0) is 13.1 Å². The van der Waals surface area contributed by atoms with Crippen LogP contribution in [0.1, 0.15) is 11.1 Å². The molecule has 0 spiro atoms. The van der Waals surface area contributed by atoms with E-state index in [1.807, 2.05) is 0 Å². The van der Waals surface area contributed by atoms with Crippen LogP contribution in [0.5, 0.6) is 11.8 Å². The molecular weight excluding hydrogens is 464 g/mol. The summed E-state index contributed by atoms with van der Waals surface area (Å²) in [5, 5.41) is 14.6. The molecule has 0 saturated heterocycles. The number of aromatic hydroxyl groups is 1. The summed E-state index contributed by atoms with van der Waals surface area (Å²) in [7, 11) is 1.45. The molecule has 0 fully saturated rings. The molecule has 2 aromatic carbocycles. The van der Waals surface area contributed by atoms with E-state index in [4.69, 9.17) is 9.84 Å². The SMILES string of the molecule is COc1ccc(F)c(NCc2cccc(F)c2)n1.Oc1ccc(F)c(NCc2cccc(F)c2)n1. The van der Waals surface area contributed by atoms with Gasteiger partial charge >= 0.3 is 0 Å². The fraction of sp³-hybridized carbons (Fsp3) is 0.120. The minimum absolute atomic E-state index is 0.0609. The Hall–Kier alpha value is -4.34. The van der Waals surface area contributed by atoms with Crippen LogP contribution in [0.2, 0.25) is 0 Å². The number of hydrogen-bond acceptors (Lipinski definition) is 6. The highest BCUT2D eigenvalue weighted by atomic mass is 19.1. The quantitative estimate of drug-likeness (QED) is 0.293. The van der Waals surface area contributed by atoms with E-state index < -0.39 is 11.6 Å². The summed E-state index contributed by atoms with van der Waals surface area (Å²) in [6, 6.07) is 17.0. The molecule has 0 aliphatic heterocycles. The number of nitrogens with zero attached hydrogens (tertiary/aromatic N) is 2. The lowest BCUT2D eigenvalue weighted by molar-refractivity contribution is 0.396. The molecule has 0 amide bonds. The van der Waals surface area contributed by atoms with Crippen LogP contribution in [0.15, 0.2) is 72.8 Å². The van der Waals surface area contributed by atoms with Crippen LogP contribution in [-0.4, -0.2) is 22.2 Å². The fourth-order valence-electron chi connectivity index (χ4n) is 2.88. The molecule has 0 aliphatic carbocycles. The number of ether oxygens (including phenoxy) is 1. The number of methoxy groups -OCH3 is 1. The van der Waals surface area contributed by atoms with Gasteiger partial charge in [0.2, 0.25) is 11.8 Å². The average Bonchev–Trinajstić information content (AvgIpc) is 2.85. The second-order valence-corrected chi connectivity index (χ2v) is 7.15. The molecule has 0 atom stereocenters. The topological polar surface area (TPSA) is 79.3 Å². The van der Waals surface area contributed by atoms with E-state index >= 15 is 0 Å². The summed E-state index contributed by atoms with van der Waals surface area (Å²) in [6.07, 6.45) is 0. The zero-order chi connectivity index (χ0) is 25.2. The first-order valence-electron chi connectivity index (χ1n) is 10.4. The van der Waals surface area contributed by atoms with Gasteiger partial charge in [-0.2, -0.15) is 9.97 Å². The molecule has 4 rings (SSSR count). The van der Waals surface area contributed by atoms with Crippen molar-refractivity contribution in [1.82, 2.24) is 9.97 Å². The molecule has 2 heterocycles. The second-order valence-electron chi connectivity index (χ2n) is 7.15.